The zero-order valence-electron chi connectivity index (χ0n) is 13.4. The van der Waals surface area contributed by atoms with E-state index in [2.05, 4.69) is 31.0 Å². The number of nitrogens with one attached hydrogen (secondary N) is 1. The van der Waals surface area contributed by atoms with Crippen molar-refractivity contribution in [2.24, 2.45) is 11.3 Å². The van der Waals surface area contributed by atoms with Gasteiger partial charge in [-0.05, 0) is 62.9 Å². The maximum Gasteiger partial charge on any atom is 0.0124 e. The van der Waals surface area contributed by atoms with E-state index in [4.69, 9.17) is 0 Å². The largest absolute Gasteiger partial charge is 0.316 e. The molecule has 1 saturated carbocycles. The van der Waals surface area contributed by atoms with Crippen molar-refractivity contribution in [1.82, 2.24) is 10.2 Å². The Labute approximate surface area is 120 Å². The van der Waals surface area contributed by atoms with Gasteiger partial charge in [-0.25, -0.2) is 0 Å². The molecule has 1 heterocycles. The molecule has 2 rings (SSSR count). The normalized spacial score (nSPS) is 28.6. The summed E-state index contributed by atoms with van der Waals surface area (Å²) in [5, 5.41) is 3.61. The summed E-state index contributed by atoms with van der Waals surface area (Å²) in [5.74, 6) is 1.03. The second-order valence-electron chi connectivity index (χ2n) is 6.86. The predicted molar refractivity (Wildman–Crippen MR) is 83.5 cm³/mol. The van der Waals surface area contributed by atoms with Crippen LogP contribution in [0.15, 0.2) is 0 Å². The first-order valence-corrected chi connectivity index (χ1v) is 8.69. The molecule has 2 fully saturated rings. The molecule has 0 aromatic rings. The van der Waals surface area contributed by atoms with Crippen molar-refractivity contribution in [2.75, 3.05) is 26.2 Å². The van der Waals surface area contributed by atoms with Gasteiger partial charge < -0.3 is 5.32 Å². The van der Waals surface area contributed by atoms with Crippen molar-refractivity contribution in [1.29, 1.82) is 0 Å². The lowest BCUT2D eigenvalue weighted by Gasteiger charge is -2.44. The molecule has 0 aromatic heterocycles. The van der Waals surface area contributed by atoms with Crippen LogP contribution in [0.4, 0.5) is 0 Å². The maximum absolute atomic E-state index is 3.61. The standard InChI is InChI=1S/C17H34N2/c1-4-17(5-2,13-18-6-3)14-19-12-8-10-15-9-7-11-16(15)19/h15-16,18H,4-14H2,1-3H3. The minimum Gasteiger partial charge on any atom is -0.316 e. The third kappa shape index (κ3) is 3.52. The van der Waals surface area contributed by atoms with Gasteiger partial charge >= 0.3 is 0 Å². The Kier molecular flexibility index (Phi) is 5.70. The third-order valence-electron chi connectivity index (χ3n) is 5.90. The molecule has 1 aliphatic heterocycles. The molecule has 2 aliphatic rings. The van der Waals surface area contributed by atoms with Crippen LogP contribution in [0, 0.1) is 11.3 Å². The van der Waals surface area contributed by atoms with Crippen LogP contribution in [0.5, 0.6) is 0 Å². The van der Waals surface area contributed by atoms with Crippen LogP contribution >= 0.6 is 0 Å². The average Bonchev–Trinajstić information content (AvgIpc) is 2.93. The van der Waals surface area contributed by atoms with Crippen molar-refractivity contribution >= 4 is 0 Å². The van der Waals surface area contributed by atoms with Crippen molar-refractivity contribution in [3.05, 3.63) is 0 Å². The van der Waals surface area contributed by atoms with Crippen LogP contribution in [0.1, 0.15) is 65.7 Å². The van der Waals surface area contributed by atoms with E-state index in [-0.39, 0.29) is 0 Å². The summed E-state index contributed by atoms with van der Waals surface area (Å²) in [5.41, 5.74) is 0.500. The molecule has 112 valence electrons. The first-order valence-electron chi connectivity index (χ1n) is 8.69. The van der Waals surface area contributed by atoms with E-state index >= 15 is 0 Å². The van der Waals surface area contributed by atoms with Crippen molar-refractivity contribution in [3.8, 4) is 0 Å². The SMILES string of the molecule is CCNCC(CC)(CC)CN1CCCC2CCCC21. The molecule has 0 bridgehead atoms. The molecule has 2 nitrogen and oxygen atoms in total. The fourth-order valence-corrected chi connectivity index (χ4v) is 4.35. The lowest BCUT2D eigenvalue weighted by Crippen LogP contribution is -2.50. The molecule has 2 atom stereocenters. The van der Waals surface area contributed by atoms with Gasteiger partial charge in [-0.15, -0.1) is 0 Å². The molecule has 0 spiro atoms. The number of piperidine rings is 1. The molecular formula is C17H34N2. The van der Waals surface area contributed by atoms with Crippen LogP contribution in [0.3, 0.4) is 0 Å². The van der Waals surface area contributed by atoms with E-state index < -0.39 is 0 Å². The Morgan fingerprint density at radius 1 is 1.05 bits per heavy atom. The molecule has 1 N–H and O–H groups in total. The number of fused-ring (bicyclic) bond motifs is 1. The topological polar surface area (TPSA) is 15.3 Å². The van der Waals surface area contributed by atoms with Gasteiger partial charge in [0.15, 0.2) is 0 Å². The van der Waals surface area contributed by atoms with E-state index in [1.165, 1.54) is 64.6 Å². The quantitative estimate of drug-likeness (QED) is 0.756. The highest BCUT2D eigenvalue weighted by molar-refractivity contribution is 4.93. The average molecular weight is 266 g/mol. The van der Waals surface area contributed by atoms with E-state index in [0.29, 0.717) is 5.41 Å². The van der Waals surface area contributed by atoms with E-state index in [0.717, 1.165) is 18.5 Å². The first kappa shape index (κ1) is 15.3. The highest BCUT2D eigenvalue weighted by Gasteiger charge is 2.38. The van der Waals surface area contributed by atoms with E-state index in [1.54, 1.807) is 0 Å². The molecular weight excluding hydrogens is 232 g/mol. The zero-order valence-corrected chi connectivity index (χ0v) is 13.4. The number of nitrogens with zero attached hydrogens (tertiary/aromatic N) is 1. The smallest absolute Gasteiger partial charge is 0.0124 e. The van der Waals surface area contributed by atoms with Gasteiger partial charge in [0.05, 0.1) is 0 Å². The van der Waals surface area contributed by atoms with Crippen LogP contribution in [-0.4, -0.2) is 37.1 Å². The first-order chi connectivity index (χ1) is 9.24. The summed E-state index contributed by atoms with van der Waals surface area (Å²) in [4.78, 5) is 2.87. The second-order valence-corrected chi connectivity index (χ2v) is 6.86. The van der Waals surface area contributed by atoms with Crippen LogP contribution in [0.25, 0.3) is 0 Å². The van der Waals surface area contributed by atoms with Gasteiger partial charge in [-0.2, -0.15) is 0 Å². The summed E-state index contributed by atoms with van der Waals surface area (Å²) in [6, 6.07) is 0.924. The Balaban J connectivity index is 1.99. The summed E-state index contributed by atoms with van der Waals surface area (Å²) in [7, 11) is 0. The number of hydrogen-bond acceptors (Lipinski definition) is 2. The third-order valence-corrected chi connectivity index (χ3v) is 5.90. The van der Waals surface area contributed by atoms with Gasteiger partial charge in [0, 0.05) is 19.1 Å². The molecule has 2 heteroatoms. The fourth-order valence-electron chi connectivity index (χ4n) is 4.35. The Hall–Kier alpha value is -0.0800. The number of hydrogen-bond donors (Lipinski definition) is 1. The molecule has 0 aromatic carbocycles. The van der Waals surface area contributed by atoms with Crippen molar-refractivity contribution in [3.63, 3.8) is 0 Å². The highest BCUT2D eigenvalue weighted by Crippen LogP contribution is 2.39. The number of rotatable bonds is 7. The Bertz CT molecular complexity index is 260. The lowest BCUT2D eigenvalue weighted by molar-refractivity contribution is 0.0537. The van der Waals surface area contributed by atoms with Crippen LogP contribution < -0.4 is 5.32 Å². The molecule has 1 saturated heterocycles. The molecule has 19 heavy (non-hydrogen) atoms. The summed E-state index contributed by atoms with van der Waals surface area (Å²) >= 11 is 0. The minimum absolute atomic E-state index is 0.500. The van der Waals surface area contributed by atoms with E-state index in [1.807, 2.05) is 0 Å². The van der Waals surface area contributed by atoms with Crippen molar-refractivity contribution in [2.45, 2.75) is 71.8 Å². The minimum atomic E-state index is 0.500. The maximum atomic E-state index is 3.61. The van der Waals surface area contributed by atoms with E-state index in [9.17, 15) is 0 Å². The van der Waals surface area contributed by atoms with Gasteiger partial charge in [0.1, 0.15) is 0 Å². The molecule has 0 radical (unpaired) electrons. The van der Waals surface area contributed by atoms with Crippen LogP contribution in [-0.2, 0) is 0 Å². The van der Waals surface area contributed by atoms with Gasteiger partial charge in [0.25, 0.3) is 0 Å². The molecule has 2 unspecified atom stereocenters. The molecule has 0 amide bonds. The lowest BCUT2D eigenvalue weighted by atomic mass is 9.80. The highest BCUT2D eigenvalue weighted by atomic mass is 15.2. The monoisotopic (exact) mass is 266 g/mol. The Morgan fingerprint density at radius 2 is 1.79 bits per heavy atom. The van der Waals surface area contributed by atoms with Gasteiger partial charge in [-0.3, -0.25) is 4.90 Å². The summed E-state index contributed by atoms with van der Waals surface area (Å²) in [6.45, 7) is 12.0. The van der Waals surface area contributed by atoms with Crippen molar-refractivity contribution < 1.29 is 0 Å². The number of likely N-dealkylation sites (tertiary alicyclic amines) is 1. The fraction of sp³-hybridized carbons (Fsp3) is 1.00. The Morgan fingerprint density at radius 3 is 2.47 bits per heavy atom. The zero-order chi connectivity index (χ0) is 13.7. The summed E-state index contributed by atoms with van der Waals surface area (Å²) < 4.78 is 0. The van der Waals surface area contributed by atoms with Crippen LogP contribution in [0.2, 0.25) is 0 Å². The second kappa shape index (κ2) is 7.08. The molecule has 1 aliphatic carbocycles. The van der Waals surface area contributed by atoms with Gasteiger partial charge in [0.2, 0.25) is 0 Å². The van der Waals surface area contributed by atoms with Gasteiger partial charge in [-0.1, -0.05) is 27.2 Å². The predicted octanol–water partition coefficient (Wildman–Crippen LogP) is 3.67. The summed E-state index contributed by atoms with van der Waals surface area (Å²) in [6.07, 6.45) is 10.00.